The van der Waals surface area contributed by atoms with E-state index in [0.717, 1.165) is 6.07 Å². The Morgan fingerprint density at radius 2 is 1.95 bits per heavy atom. The van der Waals surface area contributed by atoms with Crippen LogP contribution in [-0.4, -0.2) is 13.0 Å². The second-order valence-corrected chi connectivity index (χ2v) is 4.50. The number of methoxy groups -OCH3 is 1. The zero-order valence-electron chi connectivity index (χ0n) is 11.5. The summed E-state index contributed by atoms with van der Waals surface area (Å²) in [6, 6.07) is 6.50. The van der Waals surface area contributed by atoms with Crippen molar-refractivity contribution >= 4 is 17.3 Å². The monoisotopic (exact) mass is 292 g/mol. The summed E-state index contributed by atoms with van der Waals surface area (Å²) in [5, 5.41) is 2.47. The number of halogens is 2. The standard InChI is InChI=1S/C15H14F2N2O2/c1-8-5-9(18)6-11(14(8)17)15(20)19-10-3-4-12(16)13(7-10)21-2/h3-7H,18H2,1-2H3,(H,19,20). The van der Waals surface area contributed by atoms with Crippen LogP contribution >= 0.6 is 0 Å². The van der Waals surface area contributed by atoms with Gasteiger partial charge in [0.15, 0.2) is 11.6 Å². The second kappa shape index (κ2) is 5.78. The Balaban J connectivity index is 2.30. The van der Waals surface area contributed by atoms with Gasteiger partial charge >= 0.3 is 0 Å². The number of ether oxygens (including phenoxy) is 1. The molecule has 0 radical (unpaired) electrons. The third-order valence-corrected chi connectivity index (χ3v) is 2.93. The van der Waals surface area contributed by atoms with Gasteiger partial charge < -0.3 is 15.8 Å². The van der Waals surface area contributed by atoms with E-state index >= 15 is 0 Å². The molecule has 0 bridgehead atoms. The molecule has 110 valence electrons. The average Bonchev–Trinajstić information content (AvgIpc) is 2.44. The van der Waals surface area contributed by atoms with Crippen molar-refractivity contribution in [2.75, 3.05) is 18.2 Å². The van der Waals surface area contributed by atoms with Gasteiger partial charge in [0.05, 0.1) is 12.7 Å². The van der Waals surface area contributed by atoms with Crippen LogP contribution in [-0.2, 0) is 0 Å². The first kappa shape index (κ1) is 14.8. The molecule has 0 saturated carbocycles. The highest BCUT2D eigenvalue weighted by Crippen LogP contribution is 2.23. The van der Waals surface area contributed by atoms with E-state index < -0.39 is 17.5 Å². The maximum absolute atomic E-state index is 13.9. The molecule has 21 heavy (non-hydrogen) atoms. The van der Waals surface area contributed by atoms with Crippen molar-refractivity contribution in [1.29, 1.82) is 0 Å². The summed E-state index contributed by atoms with van der Waals surface area (Å²) >= 11 is 0. The highest BCUT2D eigenvalue weighted by atomic mass is 19.1. The van der Waals surface area contributed by atoms with Crippen LogP contribution in [0.15, 0.2) is 30.3 Å². The highest BCUT2D eigenvalue weighted by molar-refractivity contribution is 6.05. The lowest BCUT2D eigenvalue weighted by Gasteiger charge is -2.10. The van der Waals surface area contributed by atoms with Crippen LogP contribution in [0.2, 0.25) is 0 Å². The maximum atomic E-state index is 13.9. The summed E-state index contributed by atoms with van der Waals surface area (Å²) < 4.78 is 32.0. The van der Waals surface area contributed by atoms with E-state index in [1.165, 1.54) is 38.3 Å². The summed E-state index contributed by atoms with van der Waals surface area (Å²) in [5.41, 5.74) is 6.29. The number of carbonyl (C=O) groups excluding carboxylic acids is 1. The highest BCUT2D eigenvalue weighted by Gasteiger charge is 2.15. The molecule has 0 saturated heterocycles. The van der Waals surface area contributed by atoms with Crippen molar-refractivity contribution in [3.63, 3.8) is 0 Å². The molecule has 0 spiro atoms. The van der Waals surface area contributed by atoms with Gasteiger partial charge in [0, 0.05) is 17.4 Å². The number of carbonyl (C=O) groups is 1. The number of nitrogens with two attached hydrogens (primary N) is 1. The summed E-state index contributed by atoms with van der Waals surface area (Å²) in [7, 11) is 1.31. The van der Waals surface area contributed by atoms with Crippen LogP contribution in [0.25, 0.3) is 0 Å². The van der Waals surface area contributed by atoms with Gasteiger partial charge in [0.25, 0.3) is 5.91 Å². The van der Waals surface area contributed by atoms with Crippen molar-refractivity contribution < 1.29 is 18.3 Å². The molecule has 0 aromatic heterocycles. The van der Waals surface area contributed by atoms with Gasteiger partial charge in [-0.25, -0.2) is 8.78 Å². The lowest BCUT2D eigenvalue weighted by atomic mass is 10.1. The third-order valence-electron chi connectivity index (χ3n) is 2.93. The molecule has 0 unspecified atom stereocenters. The normalized spacial score (nSPS) is 10.3. The largest absolute Gasteiger partial charge is 0.494 e. The lowest BCUT2D eigenvalue weighted by molar-refractivity contribution is 0.102. The van der Waals surface area contributed by atoms with E-state index in [1.807, 2.05) is 0 Å². The van der Waals surface area contributed by atoms with E-state index in [1.54, 1.807) is 0 Å². The van der Waals surface area contributed by atoms with Crippen LogP contribution in [0.1, 0.15) is 15.9 Å². The zero-order valence-corrected chi connectivity index (χ0v) is 11.5. The molecule has 2 aromatic carbocycles. The van der Waals surface area contributed by atoms with Crippen LogP contribution in [0.5, 0.6) is 5.75 Å². The number of hydrogen-bond donors (Lipinski definition) is 2. The minimum absolute atomic E-state index is 0.0166. The number of anilines is 2. The minimum Gasteiger partial charge on any atom is -0.494 e. The van der Waals surface area contributed by atoms with Crippen molar-refractivity contribution in [1.82, 2.24) is 0 Å². The molecule has 0 aliphatic carbocycles. The Bertz CT molecular complexity index is 702. The molecule has 4 nitrogen and oxygen atoms in total. The quantitative estimate of drug-likeness (QED) is 0.854. The van der Waals surface area contributed by atoms with Gasteiger partial charge in [0.2, 0.25) is 0 Å². The summed E-state index contributed by atoms with van der Waals surface area (Å²) in [5.74, 6) is -1.88. The molecule has 3 N–H and O–H groups in total. The van der Waals surface area contributed by atoms with E-state index in [-0.39, 0.29) is 28.3 Å². The smallest absolute Gasteiger partial charge is 0.258 e. The molecule has 0 aliphatic rings. The number of hydrogen-bond acceptors (Lipinski definition) is 3. The van der Waals surface area contributed by atoms with Gasteiger partial charge in [-0.3, -0.25) is 4.79 Å². The van der Waals surface area contributed by atoms with Gasteiger partial charge in [0.1, 0.15) is 5.82 Å². The van der Waals surface area contributed by atoms with Crippen LogP contribution in [0.3, 0.4) is 0 Å². The van der Waals surface area contributed by atoms with Crippen LogP contribution in [0.4, 0.5) is 20.2 Å². The Hall–Kier alpha value is -2.63. The second-order valence-electron chi connectivity index (χ2n) is 4.50. The van der Waals surface area contributed by atoms with E-state index in [9.17, 15) is 13.6 Å². The number of rotatable bonds is 3. The molecular formula is C15H14F2N2O2. The van der Waals surface area contributed by atoms with Gasteiger partial charge in [-0.1, -0.05) is 0 Å². The van der Waals surface area contributed by atoms with Gasteiger partial charge in [-0.2, -0.15) is 0 Å². The molecule has 0 fully saturated rings. The molecule has 0 atom stereocenters. The SMILES string of the molecule is COc1cc(NC(=O)c2cc(N)cc(C)c2F)ccc1F. The van der Waals surface area contributed by atoms with Crippen molar-refractivity contribution in [2.24, 2.45) is 0 Å². The number of aryl methyl sites for hydroxylation is 1. The lowest BCUT2D eigenvalue weighted by Crippen LogP contribution is -2.15. The van der Waals surface area contributed by atoms with Crippen molar-refractivity contribution in [3.8, 4) is 5.75 Å². The first-order valence-electron chi connectivity index (χ1n) is 6.13. The fourth-order valence-electron chi connectivity index (χ4n) is 1.90. The molecule has 6 heteroatoms. The molecule has 2 rings (SSSR count). The van der Waals surface area contributed by atoms with E-state index in [4.69, 9.17) is 10.5 Å². The number of nitrogen functional groups attached to an aromatic ring is 1. The minimum atomic E-state index is -0.670. The molecular weight excluding hydrogens is 278 g/mol. The van der Waals surface area contributed by atoms with Gasteiger partial charge in [-0.05, 0) is 36.8 Å². The fraction of sp³-hybridized carbons (Fsp3) is 0.133. The number of benzene rings is 2. The molecule has 1 amide bonds. The van der Waals surface area contributed by atoms with Crippen LogP contribution in [0, 0.1) is 18.6 Å². The maximum Gasteiger partial charge on any atom is 0.258 e. The van der Waals surface area contributed by atoms with Gasteiger partial charge in [-0.15, -0.1) is 0 Å². The Labute approximate surface area is 120 Å². The van der Waals surface area contributed by atoms with E-state index in [0.29, 0.717) is 0 Å². The summed E-state index contributed by atoms with van der Waals surface area (Å²) in [4.78, 5) is 12.1. The Morgan fingerprint density at radius 3 is 2.62 bits per heavy atom. The predicted molar refractivity (Wildman–Crippen MR) is 76.5 cm³/mol. The number of nitrogens with one attached hydrogen (secondary N) is 1. The molecule has 0 heterocycles. The first-order chi connectivity index (χ1) is 9.92. The predicted octanol–water partition coefficient (Wildman–Crippen LogP) is 3.12. The Morgan fingerprint density at radius 1 is 1.24 bits per heavy atom. The zero-order chi connectivity index (χ0) is 15.6. The van der Waals surface area contributed by atoms with E-state index in [2.05, 4.69) is 5.32 Å². The van der Waals surface area contributed by atoms with Crippen LogP contribution < -0.4 is 15.8 Å². The Kier molecular flexibility index (Phi) is 4.07. The number of amides is 1. The fourth-order valence-corrected chi connectivity index (χ4v) is 1.90. The van der Waals surface area contributed by atoms with Crippen molar-refractivity contribution in [3.05, 3.63) is 53.1 Å². The molecule has 0 aliphatic heterocycles. The third kappa shape index (κ3) is 3.10. The van der Waals surface area contributed by atoms with Crippen molar-refractivity contribution in [2.45, 2.75) is 6.92 Å². The molecule has 2 aromatic rings. The summed E-state index contributed by atoms with van der Waals surface area (Å²) in [6.07, 6.45) is 0. The topological polar surface area (TPSA) is 64.3 Å². The average molecular weight is 292 g/mol. The summed E-state index contributed by atoms with van der Waals surface area (Å²) in [6.45, 7) is 1.52. The first-order valence-corrected chi connectivity index (χ1v) is 6.13.